The van der Waals surface area contributed by atoms with Crippen LogP contribution in [0.25, 0.3) is 11.1 Å². The number of benzene rings is 2. The quantitative estimate of drug-likeness (QED) is 0.534. The topological polar surface area (TPSA) is 105 Å². The normalized spacial score (nSPS) is 16.6. The van der Waals surface area contributed by atoms with Gasteiger partial charge in [0.1, 0.15) is 12.6 Å². The smallest absolute Gasteiger partial charge is 0.407 e. The summed E-state index contributed by atoms with van der Waals surface area (Å²) >= 11 is 0. The molecule has 2 aromatic carbocycles. The van der Waals surface area contributed by atoms with Gasteiger partial charge in [-0.1, -0.05) is 55.0 Å². The van der Waals surface area contributed by atoms with E-state index in [0.29, 0.717) is 6.42 Å². The zero-order valence-electron chi connectivity index (χ0n) is 18.8. The molecule has 0 bridgehead atoms. The average Bonchev–Trinajstić information content (AvgIpc) is 3.08. The minimum Gasteiger partial charge on any atom is -0.480 e. The van der Waals surface area contributed by atoms with Crippen molar-refractivity contribution in [3.8, 4) is 11.1 Å². The molecule has 0 radical (unpaired) electrons. The van der Waals surface area contributed by atoms with Crippen LogP contribution in [0, 0.1) is 5.92 Å². The van der Waals surface area contributed by atoms with Crippen LogP contribution in [0.5, 0.6) is 0 Å². The van der Waals surface area contributed by atoms with E-state index in [1.165, 1.54) is 11.1 Å². The fourth-order valence-electron chi connectivity index (χ4n) is 4.66. The third-order valence-electron chi connectivity index (χ3n) is 6.72. The Morgan fingerprint density at radius 2 is 1.61 bits per heavy atom. The monoisotopic (exact) mass is 450 g/mol. The van der Waals surface area contributed by atoms with E-state index in [-0.39, 0.29) is 36.8 Å². The maximum absolute atomic E-state index is 12.4. The van der Waals surface area contributed by atoms with Gasteiger partial charge in [-0.2, -0.15) is 0 Å². The van der Waals surface area contributed by atoms with Gasteiger partial charge in [0.2, 0.25) is 5.91 Å². The van der Waals surface area contributed by atoms with E-state index in [1.807, 2.05) is 24.3 Å². The number of fused-ring (bicyclic) bond motifs is 3. The maximum Gasteiger partial charge on any atom is 0.407 e. The van der Waals surface area contributed by atoms with Crippen molar-refractivity contribution in [1.29, 1.82) is 0 Å². The van der Waals surface area contributed by atoms with Gasteiger partial charge in [0, 0.05) is 18.4 Å². The number of alkyl carbamates (subject to hydrolysis) is 1. The van der Waals surface area contributed by atoms with Gasteiger partial charge in [0.05, 0.1) is 0 Å². The number of carbonyl (C=O) groups excluding carboxylic acids is 2. The first-order valence-corrected chi connectivity index (χ1v) is 11.6. The van der Waals surface area contributed by atoms with E-state index in [2.05, 4.69) is 34.9 Å². The van der Waals surface area contributed by atoms with Crippen molar-refractivity contribution in [2.24, 2.45) is 5.92 Å². The average molecular weight is 451 g/mol. The van der Waals surface area contributed by atoms with Gasteiger partial charge in [0.25, 0.3) is 0 Å². The second-order valence-corrected chi connectivity index (χ2v) is 8.98. The van der Waals surface area contributed by atoms with Crippen LogP contribution < -0.4 is 10.6 Å². The zero-order chi connectivity index (χ0) is 23.4. The van der Waals surface area contributed by atoms with Gasteiger partial charge in [-0.05, 0) is 54.4 Å². The minimum absolute atomic E-state index is 0.0105. The Hall–Kier alpha value is -3.35. The standard InChI is InChI=1S/C26H30N2O5/c1-16(13-14-23(29)28-24(25(30)31)17-7-6-8-17)27-26(32)33-15-22-20-11-4-2-9-18(20)19-10-3-5-12-21(19)22/h2-5,9-12,16-17,22,24H,6-8,13-15H2,1H3,(H,27,32)(H,28,29)(H,30,31). The van der Waals surface area contributed by atoms with Crippen LogP contribution in [-0.2, 0) is 14.3 Å². The summed E-state index contributed by atoms with van der Waals surface area (Å²) in [6, 6.07) is 15.2. The van der Waals surface area contributed by atoms with E-state index in [4.69, 9.17) is 4.74 Å². The molecule has 0 aliphatic heterocycles. The second kappa shape index (κ2) is 10.1. The molecule has 2 unspecified atom stereocenters. The summed E-state index contributed by atoms with van der Waals surface area (Å²) in [7, 11) is 0. The minimum atomic E-state index is -0.988. The molecule has 2 atom stereocenters. The highest BCUT2D eigenvalue weighted by Crippen LogP contribution is 2.44. The molecule has 7 heteroatoms. The van der Waals surface area contributed by atoms with Crippen molar-refractivity contribution < 1.29 is 24.2 Å². The summed E-state index contributed by atoms with van der Waals surface area (Å²) < 4.78 is 5.54. The number of hydrogen-bond acceptors (Lipinski definition) is 4. The van der Waals surface area contributed by atoms with Crippen LogP contribution in [0.4, 0.5) is 4.79 Å². The molecule has 2 aliphatic carbocycles. The molecule has 2 aromatic rings. The number of ether oxygens (including phenoxy) is 1. The highest BCUT2D eigenvalue weighted by molar-refractivity contribution is 5.84. The molecule has 2 amide bonds. The Bertz CT molecular complexity index is 987. The molecule has 3 N–H and O–H groups in total. The summed E-state index contributed by atoms with van der Waals surface area (Å²) in [5, 5.41) is 14.7. The highest BCUT2D eigenvalue weighted by atomic mass is 16.5. The van der Waals surface area contributed by atoms with Gasteiger partial charge in [-0.25, -0.2) is 9.59 Å². The third kappa shape index (κ3) is 5.18. The Morgan fingerprint density at radius 3 is 2.15 bits per heavy atom. The molecule has 33 heavy (non-hydrogen) atoms. The summed E-state index contributed by atoms with van der Waals surface area (Å²) in [5.41, 5.74) is 4.64. The predicted molar refractivity (Wildman–Crippen MR) is 124 cm³/mol. The van der Waals surface area contributed by atoms with E-state index >= 15 is 0 Å². The molecule has 4 rings (SSSR count). The van der Waals surface area contributed by atoms with E-state index in [9.17, 15) is 19.5 Å². The third-order valence-corrected chi connectivity index (χ3v) is 6.72. The lowest BCUT2D eigenvalue weighted by Gasteiger charge is -2.31. The number of rotatable bonds is 9. The first-order valence-electron chi connectivity index (χ1n) is 11.6. The van der Waals surface area contributed by atoms with Crippen LogP contribution in [0.3, 0.4) is 0 Å². The molecule has 2 aliphatic rings. The molecule has 0 aromatic heterocycles. The van der Waals surface area contributed by atoms with E-state index in [1.54, 1.807) is 6.92 Å². The van der Waals surface area contributed by atoms with Crippen LogP contribution in [0.1, 0.15) is 56.1 Å². The van der Waals surface area contributed by atoms with Gasteiger partial charge in [-0.3, -0.25) is 4.79 Å². The Balaban J connectivity index is 1.24. The molecule has 7 nitrogen and oxygen atoms in total. The fraction of sp³-hybridized carbons (Fsp3) is 0.423. The number of hydrogen-bond donors (Lipinski definition) is 3. The Labute approximate surface area is 193 Å². The van der Waals surface area contributed by atoms with Crippen molar-refractivity contribution in [2.45, 2.75) is 57.0 Å². The van der Waals surface area contributed by atoms with Crippen molar-refractivity contribution in [3.63, 3.8) is 0 Å². The predicted octanol–water partition coefficient (Wildman–Crippen LogP) is 4.06. The van der Waals surface area contributed by atoms with E-state index in [0.717, 1.165) is 30.4 Å². The molecule has 174 valence electrons. The van der Waals surface area contributed by atoms with E-state index < -0.39 is 18.1 Å². The second-order valence-electron chi connectivity index (χ2n) is 8.98. The first kappa shape index (κ1) is 22.8. The first-order chi connectivity index (χ1) is 15.9. The zero-order valence-corrected chi connectivity index (χ0v) is 18.8. The molecular weight excluding hydrogens is 420 g/mol. The molecule has 0 spiro atoms. The molecule has 0 saturated heterocycles. The maximum atomic E-state index is 12.4. The Morgan fingerprint density at radius 1 is 1.00 bits per heavy atom. The van der Waals surface area contributed by atoms with Crippen LogP contribution in [0.15, 0.2) is 48.5 Å². The molecule has 1 saturated carbocycles. The summed E-state index contributed by atoms with van der Waals surface area (Å²) in [4.78, 5) is 36.0. The van der Waals surface area contributed by atoms with Crippen molar-refractivity contribution in [1.82, 2.24) is 10.6 Å². The van der Waals surface area contributed by atoms with Crippen LogP contribution in [-0.4, -0.2) is 41.8 Å². The number of amides is 2. The molecule has 0 heterocycles. The van der Waals surface area contributed by atoms with Crippen LogP contribution >= 0.6 is 0 Å². The lowest BCUT2D eigenvalue weighted by Crippen LogP contribution is -2.48. The summed E-state index contributed by atoms with van der Waals surface area (Å²) in [6.07, 6.45) is 2.68. The molecular formula is C26H30N2O5. The summed E-state index contributed by atoms with van der Waals surface area (Å²) in [5.74, 6) is -1.29. The van der Waals surface area contributed by atoms with Crippen molar-refractivity contribution in [2.75, 3.05) is 6.61 Å². The number of aliphatic carboxylic acids is 1. The SMILES string of the molecule is CC(CCC(=O)NC(C(=O)O)C1CCC1)NC(=O)OCC1c2ccccc2-c2ccccc21. The highest BCUT2D eigenvalue weighted by Gasteiger charge is 2.33. The molecule has 1 fully saturated rings. The summed E-state index contributed by atoms with van der Waals surface area (Å²) in [6.45, 7) is 2.03. The van der Waals surface area contributed by atoms with Gasteiger partial charge in [-0.15, -0.1) is 0 Å². The van der Waals surface area contributed by atoms with Gasteiger partial charge in [0.15, 0.2) is 0 Å². The lowest BCUT2D eigenvalue weighted by molar-refractivity contribution is -0.144. The van der Waals surface area contributed by atoms with Gasteiger partial charge >= 0.3 is 12.1 Å². The van der Waals surface area contributed by atoms with Crippen molar-refractivity contribution >= 4 is 18.0 Å². The number of carbonyl (C=O) groups is 3. The number of carboxylic acid groups (broad SMARTS) is 1. The van der Waals surface area contributed by atoms with Crippen molar-refractivity contribution in [3.05, 3.63) is 59.7 Å². The number of carboxylic acids is 1. The number of nitrogens with one attached hydrogen (secondary N) is 2. The fourth-order valence-corrected chi connectivity index (χ4v) is 4.66. The largest absolute Gasteiger partial charge is 0.480 e. The Kier molecular flexibility index (Phi) is 6.96. The van der Waals surface area contributed by atoms with Crippen LogP contribution in [0.2, 0.25) is 0 Å². The lowest BCUT2D eigenvalue weighted by atomic mass is 9.79. The van der Waals surface area contributed by atoms with Gasteiger partial charge < -0.3 is 20.5 Å².